The average Bonchev–Trinajstić information content (AvgIpc) is 2.96. The maximum Gasteiger partial charge on any atom is 0.147 e. The van der Waals surface area contributed by atoms with E-state index in [2.05, 4.69) is 12.1 Å². The van der Waals surface area contributed by atoms with Gasteiger partial charge >= 0.3 is 0 Å². The summed E-state index contributed by atoms with van der Waals surface area (Å²) in [5.41, 5.74) is 2.68. The summed E-state index contributed by atoms with van der Waals surface area (Å²) in [6, 6.07) is 38.1. The summed E-state index contributed by atoms with van der Waals surface area (Å²) in [5, 5.41) is 20.5. The van der Waals surface area contributed by atoms with E-state index in [1.807, 2.05) is 36.4 Å². The fourth-order valence-electron chi connectivity index (χ4n) is 4.36. The molecule has 5 aromatic carbocycles. The molecule has 0 unspecified atom stereocenters. The van der Waals surface area contributed by atoms with Crippen LogP contribution in [0.25, 0.3) is 0 Å². The van der Waals surface area contributed by atoms with Gasteiger partial charge in [0.05, 0.1) is 33.9 Å². The van der Waals surface area contributed by atoms with Gasteiger partial charge in [-0.3, -0.25) is 0 Å². The van der Waals surface area contributed by atoms with E-state index in [4.69, 9.17) is 0 Å². The molecule has 0 atom stereocenters. The van der Waals surface area contributed by atoms with Crippen molar-refractivity contribution in [1.82, 2.24) is 0 Å². The molecule has 0 aliphatic heterocycles. The molecule has 5 rings (SSSR count). The Bertz CT molecular complexity index is 1550. The fourth-order valence-corrected chi connectivity index (χ4v) is 4.36. The molecule has 0 bridgehead atoms. The summed E-state index contributed by atoms with van der Waals surface area (Å²) in [6.07, 6.45) is 0. The lowest BCUT2D eigenvalue weighted by molar-refractivity contribution is 0.628. The van der Waals surface area contributed by atoms with Crippen molar-refractivity contribution in [1.29, 1.82) is 10.5 Å². The number of anilines is 6. The van der Waals surface area contributed by atoms with Crippen molar-refractivity contribution >= 4 is 34.1 Å². The highest BCUT2D eigenvalue weighted by atomic mass is 19.1. The number of rotatable bonds is 6. The molecular formula is C32H20F2N4. The minimum atomic E-state index is -0.486. The van der Waals surface area contributed by atoms with Crippen molar-refractivity contribution in [3.05, 3.63) is 144 Å². The molecule has 0 spiro atoms. The zero-order valence-corrected chi connectivity index (χ0v) is 20.1. The summed E-state index contributed by atoms with van der Waals surface area (Å²) >= 11 is 0. The van der Waals surface area contributed by atoms with Crippen LogP contribution in [0.4, 0.5) is 42.9 Å². The average molecular weight is 499 g/mol. The van der Waals surface area contributed by atoms with Crippen molar-refractivity contribution in [3.8, 4) is 12.1 Å². The number of nitrogens with zero attached hydrogens (tertiary/aromatic N) is 4. The molecule has 6 heteroatoms. The van der Waals surface area contributed by atoms with Crippen molar-refractivity contribution < 1.29 is 8.78 Å². The van der Waals surface area contributed by atoms with Crippen molar-refractivity contribution in [2.75, 3.05) is 9.80 Å². The van der Waals surface area contributed by atoms with Gasteiger partial charge in [0.25, 0.3) is 0 Å². The van der Waals surface area contributed by atoms with Crippen LogP contribution in [0.2, 0.25) is 0 Å². The van der Waals surface area contributed by atoms with Gasteiger partial charge in [-0.25, -0.2) is 8.78 Å². The van der Waals surface area contributed by atoms with Crippen LogP contribution >= 0.6 is 0 Å². The van der Waals surface area contributed by atoms with E-state index in [-0.39, 0.29) is 22.5 Å². The van der Waals surface area contributed by atoms with Crippen LogP contribution in [0.5, 0.6) is 0 Å². The van der Waals surface area contributed by atoms with Crippen molar-refractivity contribution in [2.24, 2.45) is 0 Å². The summed E-state index contributed by atoms with van der Waals surface area (Å²) in [4.78, 5) is 3.21. The maximum atomic E-state index is 15.1. The molecular weight excluding hydrogens is 478 g/mol. The molecule has 0 N–H and O–H groups in total. The van der Waals surface area contributed by atoms with Gasteiger partial charge in [0.1, 0.15) is 23.8 Å². The zero-order chi connectivity index (χ0) is 26.5. The number of nitriles is 2. The Balaban J connectivity index is 1.79. The minimum absolute atomic E-state index is 0.184. The Morgan fingerprint density at radius 3 is 1.13 bits per heavy atom. The third-order valence-electron chi connectivity index (χ3n) is 6.05. The monoisotopic (exact) mass is 498 g/mol. The van der Waals surface area contributed by atoms with Gasteiger partial charge < -0.3 is 9.80 Å². The minimum Gasteiger partial charge on any atom is -0.306 e. The highest BCUT2D eigenvalue weighted by Crippen LogP contribution is 2.43. The first kappa shape index (κ1) is 24.2. The Morgan fingerprint density at radius 1 is 0.447 bits per heavy atom. The number of benzene rings is 5. The predicted octanol–water partition coefficient (Wildman–Crippen LogP) is 8.65. The first-order valence-corrected chi connectivity index (χ1v) is 11.8. The molecule has 0 saturated heterocycles. The molecule has 0 amide bonds. The van der Waals surface area contributed by atoms with Crippen LogP contribution in [0, 0.1) is 34.3 Å². The predicted molar refractivity (Wildman–Crippen MR) is 145 cm³/mol. The van der Waals surface area contributed by atoms with E-state index >= 15 is 8.78 Å². The van der Waals surface area contributed by atoms with Crippen LogP contribution in [0.3, 0.4) is 0 Å². The van der Waals surface area contributed by atoms with E-state index in [1.54, 1.807) is 82.6 Å². The Morgan fingerprint density at radius 2 is 0.789 bits per heavy atom. The van der Waals surface area contributed by atoms with E-state index in [0.29, 0.717) is 22.7 Å². The normalized spacial score (nSPS) is 10.3. The largest absolute Gasteiger partial charge is 0.306 e. The molecule has 182 valence electrons. The topological polar surface area (TPSA) is 54.1 Å². The van der Waals surface area contributed by atoms with Gasteiger partial charge in [0.2, 0.25) is 0 Å². The lowest BCUT2D eigenvalue weighted by Gasteiger charge is -2.30. The summed E-state index contributed by atoms with van der Waals surface area (Å²) in [5.74, 6) is -0.972. The Hall–Kier alpha value is -5.46. The zero-order valence-electron chi connectivity index (χ0n) is 20.1. The first-order valence-electron chi connectivity index (χ1n) is 11.8. The van der Waals surface area contributed by atoms with Crippen molar-refractivity contribution in [3.63, 3.8) is 0 Å². The third kappa shape index (κ3) is 4.55. The smallest absolute Gasteiger partial charge is 0.147 e. The van der Waals surface area contributed by atoms with Crippen LogP contribution in [-0.2, 0) is 0 Å². The second-order valence-corrected chi connectivity index (χ2v) is 8.35. The number of para-hydroxylation sites is 4. The van der Waals surface area contributed by atoms with Crippen LogP contribution in [0.1, 0.15) is 11.1 Å². The van der Waals surface area contributed by atoms with E-state index in [0.717, 1.165) is 0 Å². The molecule has 0 radical (unpaired) electrons. The first-order chi connectivity index (χ1) is 18.6. The Kier molecular flexibility index (Phi) is 6.80. The highest BCUT2D eigenvalue weighted by Gasteiger charge is 2.25. The number of hydrogen-bond donors (Lipinski definition) is 0. The molecule has 0 saturated carbocycles. The third-order valence-corrected chi connectivity index (χ3v) is 6.05. The molecule has 0 aliphatic rings. The lowest BCUT2D eigenvalue weighted by Crippen LogP contribution is -2.16. The number of halogens is 2. The molecule has 0 aliphatic carbocycles. The standard InChI is InChI=1S/C32H20F2N4/c33-27-15-7-9-17-29(27)37(25-11-3-1-4-12-25)31-19-24(22-36)32(20-23(31)21-35)38(26-13-5-2-6-14-26)30-18-10-8-16-28(30)34/h1-20H. The second-order valence-electron chi connectivity index (χ2n) is 8.35. The number of hydrogen-bond acceptors (Lipinski definition) is 4. The van der Waals surface area contributed by atoms with Gasteiger partial charge in [-0.1, -0.05) is 60.7 Å². The SMILES string of the molecule is N#Cc1cc(N(c2ccccc2)c2ccccc2F)c(C#N)cc1N(c1ccccc1)c1ccccc1F. The van der Waals surface area contributed by atoms with Crippen LogP contribution in [-0.4, -0.2) is 0 Å². The van der Waals surface area contributed by atoms with Gasteiger partial charge in [-0.2, -0.15) is 10.5 Å². The molecule has 0 heterocycles. The lowest BCUT2D eigenvalue weighted by atomic mass is 10.0. The Labute approximate surface area is 219 Å². The highest BCUT2D eigenvalue weighted by molar-refractivity contribution is 5.87. The van der Waals surface area contributed by atoms with Crippen molar-refractivity contribution in [2.45, 2.75) is 0 Å². The molecule has 5 aromatic rings. The summed E-state index contributed by atoms with van der Waals surface area (Å²) in [7, 11) is 0. The molecule has 4 nitrogen and oxygen atoms in total. The molecule has 0 aromatic heterocycles. The second kappa shape index (κ2) is 10.7. The van der Waals surface area contributed by atoms with E-state index < -0.39 is 11.6 Å². The van der Waals surface area contributed by atoms with E-state index in [9.17, 15) is 10.5 Å². The summed E-state index contributed by atoms with van der Waals surface area (Å²) < 4.78 is 30.2. The quantitative estimate of drug-likeness (QED) is 0.235. The van der Waals surface area contributed by atoms with E-state index in [1.165, 1.54) is 12.1 Å². The van der Waals surface area contributed by atoms with Crippen LogP contribution in [0.15, 0.2) is 121 Å². The maximum absolute atomic E-state index is 15.1. The van der Waals surface area contributed by atoms with Crippen LogP contribution < -0.4 is 9.80 Å². The van der Waals surface area contributed by atoms with Gasteiger partial charge in [-0.05, 0) is 60.7 Å². The van der Waals surface area contributed by atoms with Gasteiger partial charge in [-0.15, -0.1) is 0 Å². The summed E-state index contributed by atoms with van der Waals surface area (Å²) in [6.45, 7) is 0. The molecule has 38 heavy (non-hydrogen) atoms. The van der Waals surface area contributed by atoms with Gasteiger partial charge in [0, 0.05) is 11.4 Å². The molecule has 0 fully saturated rings. The van der Waals surface area contributed by atoms with Gasteiger partial charge in [0.15, 0.2) is 0 Å². The fraction of sp³-hybridized carbons (Fsp3) is 0.